The molecule has 0 amide bonds. The third-order valence-corrected chi connectivity index (χ3v) is 2.56. The molecule has 2 rings (SSSR count). The van der Waals surface area contributed by atoms with Gasteiger partial charge in [0.2, 0.25) is 0 Å². The fourth-order valence-electron chi connectivity index (χ4n) is 1.54. The van der Waals surface area contributed by atoms with E-state index in [1.54, 1.807) is 0 Å². The minimum Gasteiger partial charge on any atom is -0.378 e. The van der Waals surface area contributed by atoms with Gasteiger partial charge < -0.3 is 10.1 Å². The molecule has 0 bridgehead atoms. The van der Waals surface area contributed by atoms with E-state index in [0.717, 1.165) is 13.2 Å². The van der Waals surface area contributed by atoms with Crippen molar-refractivity contribution in [3.05, 3.63) is 29.8 Å². The van der Waals surface area contributed by atoms with Crippen LogP contribution in [-0.2, 0) is 4.74 Å². The number of nitrogens with one attached hydrogen (secondary N) is 1. The topological polar surface area (TPSA) is 21.3 Å². The molecule has 1 heterocycles. The number of ether oxygens (including phenoxy) is 1. The van der Waals surface area contributed by atoms with E-state index in [1.165, 1.54) is 11.3 Å². The zero-order chi connectivity index (χ0) is 9.97. The van der Waals surface area contributed by atoms with Crippen molar-refractivity contribution in [2.45, 2.75) is 25.8 Å². The van der Waals surface area contributed by atoms with Crippen LogP contribution in [0.25, 0.3) is 0 Å². The summed E-state index contributed by atoms with van der Waals surface area (Å²) in [7, 11) is 0. The fraction of sp³-hybridized carbons (Fsp3) is 0.500. The summed E-state index contributed by atoms with van der Waals surface area (Å²) >= 11 is 0. The van der Waals surface area contributed by atoms with Crippen LogP contribution in [-0.4, -0.2) is 19.3 Å². The monoisotopic (exact) mass is 191 g/mol. The fourth-order valence-corrected chi connectivity index (χ4v) is 1.54. The average Bonchev–Trinajstić information content (AvgIpc) is 2.12. The second-order valence-corrected chi connectivity index (χ2v) is 4.16. The minimum atomic E-state index is 0.511. The number of benzene rings is 1. The lowest BCUT2D eigenvalue weighted by Gasteiger charge is -2.28. The van der Waals surface area contributed by atoms with E-state index in [4.69, 9.17) is 4.74 Å². The summed E-state index contributed by atoms with van der Waals surface area (Å²) in [6, 6.07) is 9.13. The van der Waals surface area contributed by atoms with Crippen LogP contribution in [0.5, 0.6) is 0 Å². The van der Waals surface area contributed by atoms with E-state index in [1.807, 2.05) is 0 Å². The molecule has 1 aromatic rings. The lowest BCUT2D eigenvalue weighted by atomic mass is 10.0. The highest BCUT2D eigenvalue weighted by Gasteiger charge is 2.17. The van der Waals surface area contributed by atoms with Crippen molar-refractivity contribution >= 4 is 5.69 Å². The van der Waals surface area contributed by atoms with Gasteiger partial charge in [-0.15, -0.1) is 0 Å². The molecule has 1 N–H and O–H groups in total. The van der Waals surface area contributed by atoms with Gasteiger partial charge in [0.15, 0.2) is 0 Å². The molecule has 14 heavy (non-hydrogen) atoms. The SMILES string of the molecule is CC(C)c1cccc(NC2COC2)c1. The van der Waals surface area contributed by atoms with Gasteiger partial charge in [-0.3, -0.25) is 0 Å². The maximum Gasteiger partial charge on any atom is 0.0728 e. The number of rotatable bonds is 3. The minimum absolute atomic E-state index is 0.511. The lowest BCUT2D eigenvalue weighted by molar-refractivity contribution is 0.0211. The standard InChI is InChI=1S/C12H17NO/c1-9(2)10-4-3-5-11(6-10)13-12-7-14-8-12/h3-6,9,12-13H,7-8H2,1-2H3. The third kappa shape index (κ3) is 2.07. The van der Waals surface area contributed by atoms with Crippen molar-refractivity contribution in [1.29, 1.82) is 0 Å². The molecule has 76 valence electrons. The zero-order valence-electron chi connectivity index (χ0n) is 8.79. The molecular formula is C12H17NO. The summed E-state index contributed by atoms with van der Waals surface area (Å²) in [5.41, 5.74) is 2.60. The molecule has 0 spiro atoms. The molecular weight excluding hydrogens is 174 g/mol. The zero-order valence-corrected chi connectivity index (χ0v) is 8.79. The Hall–Kier alpha value is -1.02. The van der Waals surface area contributed by atoms with Crippen molar-refractivity contribution in [2.75, 3.05) is 18.5 Å². The van der Waals surface area contributed by atoms with E-state index in [2.05, 4.69) is 43.4 Å². The van der Waals surface area contributed by atoms with Gasteiger partial charge in [-0.1, -0.05) is 26.0 Å². The molecule has 2 nitrogen and oxygen atoms in total. The molecule has 1 aliphatic rings. The molecule has 1 aliphatic heterocycles. The van der Waals surface area contributed by atoms with Crippen LogP contribution >= 0.6 is 0 Å². The summed E-state index contributed by atoms with van der Waals surface area (Å²) in [6.45, 7) is 6.11. The van der Waals surface area contributed by atoms with Crippen LogP contribution in [0.3, 0.4) is 0 Å². The number of hydrogen-bond acceptors (Lipinski definition) is 2. The summed E-state index contributed by atoms with van der Waals surface area (Å²) in [4.78, 5) is 0. The van der Waals surface area contributed by atoms with Gasteiger partial charge in [-0.25, -0.2) is 0 Å². The van der Waals surface area contributed by atoms with Crippen LogP contribution in [0, 0.1) is 0 Å². The van der Waals surface area contributed by atoms with Crippen LogP contribution < -0.4 is 5.32 Å². The van der Waals surface area contributed by atoms with Crippen molar-refractivity contribution in [3.8, 4) is 0 Å². The van der Waals surface area contributed by atoms with Crippen LogP contribution in [0.4, 0.5) is 5.69 Å². The molecule has 0 unspecified atom stereocenters. The van der Waals surface area contributed by atoms with Crippen LogP contribution in [0.2, 0.25) is 0 Å². The maximum atomic E-state index is 5.12. The first-order valence-corrected chi connectivity index (χ1v) is 5.20. The van der Waals surface area contributed by atoms with Gasteiger partial charge in [0.05, 0.1) is 19.3 Å². The smallest absolute Gasteiger partial charge is 0.0728 e. The molecule has 0 aliphatic carbocycles. The number of anilines is 1. The van der Waals surface area contributed by atoms with E-state index in [-0.39, 0.29) is 0 Å². The van der Waals surface area contributed by atoms with Gasteiger partial charge in [0, 0.05) is 5.69 Å². The first-order chi connectivity index (χ1) is 6.75. The van der Waals surface area contributed by atoms with Crippen molar-refractivity contribution in [2.24, 2.45) is 0 Å². The third-order valence-electron chi connectivity index (χ3n) is 2.56. The highest BCUT2D eigenvalue weighted by molar-refractivity contribution is 5.47. The Morgan fingerprint density at radius 2 is 2.14 bits per heavy atom. The molecule has 2 heteroatoms. The summed E-state index contributed by atoms with van der Waals surface area (Å²) < 4.78 is 5.12. The van der Waals surface area contributed by atoms with Gasteiger partial charge in [-0.2, -0.15) is 0 Å². The van der Waals surface area contributed by atoms with Crippen LogP contribution in [0.15, 0.2) is 24.3 Å². The number of hydrogen-bond donors (Lipinski definition) is 1. The Morgan fingerprint density at radius 1 is 1.36 bits per heavy atom. The molecule has 0 saturated carbocycles. The maximum absolute atomic E-state index is 5.12. The molecule has 1 aromatic carbocycles. The van der Waals surface area contributed by atoms with E-state index in [9.17, 15) is 0 Å². The normalized spacial score (nSPS) is 16.8. The molecule has 1 saturated heterocycles. The van der Waals surface area contributed by atoms with E-state index < -0.39 is 0 Å². The second kappa shape index (κ2) is 4.01. The Morgan fingerprint density at radius 3 is 2.71 bits per heavy atom. The summed E-state index contributed by atoms with van der Waals surface area (Å²) in [5.74, 6) is 0.592. The van der Waals surface area contributed by atoms with E-state index in [0.29, 0.717) is 12.0 Å². The Balaban J connectivity index is 2.05. The first-order valence-electron chi connectivity index (χ1n) is 5.20. The van der Waals surface area contributed by atoms with Crippen molar-refractivity contribution in [3.63, 3.8) is 0 Å². The van der Waals surface area contributed by atoms with Crippen LogP contribution in [0.1, 0.15) is 25.3 Å². The van der Waals surface area contributed by atoms with Crippen molar-refractivity contribution < 1.29 is 4.74 Å². The Labute approximate surface area is 85.3 Å². The molecule has 1 fully saturated rings. The quantitative estimate of drug-likeness (QED) is 0.793. The second-order valence-electron chi connectivity index (χ2n) is 4.16. The average molecular weight is 191 g/mol. The predicted octanol–water partition coefficient (Wildman–Crippen LogP) is 2.62. The Kier molecular flexibility index (Phi) is 2.73. The highest BCUT2D eigenvalue weighted by atomic mass is 16.5. The highest BCUT2D eigenvalue weighted by Crippen LogP contribution is 2.20. The lowest BCUT2D eigenvalue weighted by Crippen LogP contribution is -2.40. The van der Waals surface area contributed by atoms with Gasteiger partial charge in [-0.05, 0) is 23.6 Å². The van der Waals surface area contributed by atoms with Gasteiger partial charge >= 0.3 is 0 Å². The van der Waals surface area contributed by atoms with Gasteiger partial charge in [0.1, 0.15) is 0 Å². The van der Waals surface area contributed by atoms with E-state index >= 15 is 0 Å². The van der Waals surface area contributed by atoms with Crippen molar-refractivity contribution in [1.82, 2.24) is 0 Å². The first kappa shape index (κ1) is 9.53. The largest absolute Gasteiger partial charge is 0.378 e. The molecule has 0 atom stereocenters. The van der Waals surface area contributed by atoms with Gasteiger partial charge in [0.25, 0.3) is 0 Å². The Bertz CT molecular complexity index is 305. The summed E-state index contributed by atoms with van der Waals surface area (Å²) in [5, 5.41) is 3.45. The molecule has 0 aromatic heterocycles. The summed E-state index contributed by atoms with van der Waals surface area (Å²) in [6.07, 6.45) is 0. The molecule has 0 radical (unpaired) electrons. The predicted molar refractivity (Wildman–Crippen MR) is 58.8 cm³/mol.